The van der Waals surface area contributed by atoms with Gasteiger partial charge in [-0.05, 0) is 38.3 Å². The Kier molecular flexibility index (Phi) is 3.13. The van der Waals surface area contributed by atoms with Crippen molar-refractivity contribution in [3.8, 4) is 0 Å². The lowest BCUT2D eigenvalue weighted by atomic mass is 10.0. The fourth-order valence-corrected chi connectivity index (χ4v) is 3.61. The number of aryl methyl sites for hydroxylation is 2. The molecule has 0 amide bonds. The summed E-state index contributed by atoms with van der Waals surface area (Å²) in [4.78, 5) is 4.50. The van der Waals surface area contributed by atoms with E-state index in [1.165, 1.54) is 42.6 Å². The first-order valence-corrected chi connectivity index (χ1v) is 7.98. The zero-order valence-corrected chi connectivity index (χ0v) is 13.1. The van der Waals surface area contributed by atoms with Crippen LogP contribution in [0.2, 0.25) is 0 Å². The minimum atomic E-state index is 0.643. The average Bonchev–Trinajstić information content (AvgIpc) is 3.21. The van der Waals surface area contributed by atoms with Crippen molar-refractivity contribution in [1.82, 2.24) is 19.6 Å². The molecule has 2 N–H and O–H groups in total. The summed E-state index contributed by atoms with van der Waals surface area (Å²) in [6, 6.07) is 4.31. The molecule has 0 saturated heterocycles. The van der Waals surface area contributed by atoms with Crippen molar-refractivity contribution >= 4 is 17.2 Å². The van der Waals surface area contributed by atoms with Crippen LogP contribution in [0.3, 0.4) is 0 Å². The van der Waals surface area contributed by atoms with Crippen molar-refractivity contribution in [1.29, 1.82) is 0 Å². The van der Waals surface area contributed by atoms with E-state index in [1.807, 2.05) is 12.4 Å². The standard InChI is InChI=1S/C17H21N5/c1-11-9-12(2)22-8-7-18-17(16(11)22)19-15-10-14(20-21-15)13-5-3-4-6-13/h7-10,13H,3-6H2,1-2H3,(H2,18,19,20,21). The van der Waals surface area contributed by atoms with Gasteiger partial charge in [0.1, 0.15) is 0 Å². The third-order valence-corrected chi connectivity index (χ3v) is 4.70. The molecule has 3 aromatic rings. The molecule has 0 radical (unpaired) electrons. The van der Waals surface area contributed by atoms with Crippen LogP contribution in [0.5, 0.6) is 0 Å². The second-order valence-electron chi connectivity index (χ2n) is 6.28. The molecule has 0 atom stereocenters. The Hall–Kier alpha value is -2.30. The first-order valence-electron chi connectivity index (χ1n) is 7.98. The Morgan fingerprint density at radius 3 is 2.86 bits per heavy atom. The quantitative estimate of drug-likeness (QED) is 0.765. The highest BCUT2D eigenvalue weighted by Gasteiger charge is 2.19. The van der Waals surface area contributed by atoms with Gasteiger partial charge in [0.05, 0.1) is 5.52 Å². The Labute approximate surface area is 129 Å². The minimum Gasteiger partial charge on any atom is -0.322 e. The molecular weight excluding hydrogens is 274 g/mol. The van der Waals surface area contributed by atoms with Gasteiger partial charge in [0.25, 0.3) is 0 Å². The van der Waals surface area contributed by atoms with Crippen molar-refractivity contribution in [2.45, 2.75) is 45.4 Å². The number of hydrogen-bond acceptors (Lipinski definition) is 3. The van der Waals surface area contributed by atoms with Gasteiger partial charge in [0.15, 0.2) is 11.6 Å². The van der Waals surface area contributed by atoms with E-state index in [9.17, 15) is 0 Å². The van der Waals surface area contributed by atoms with Crippen molar-refractivity contribution in [3.63, 3.8) is 0 Å². The van der Waals surface area contributed by atoms with Gasteiger partial charge in [-0.1, -0.05) is 12.8 Å². The van der Waals surface area contributed by atoms with Crippen LogP contribution < -0.4 is 5.32 Å². The average molecular weight is 295 g/mol. The lowest BCUT2D eigenvalue weighted by molar-refractivity contribution is 0.693. The summed E-state index contributed by atoms with van der Waals surface area (Å²) < 4.78 is 2.16. The van der Waals surface area contributed by atoms with Crippen LogP contribution in [0.4, 0.5) is 11.6 Å². The minimum absolute atomic E-state index is 0.643. The largest absolute Gasteiger partial charge is 0.322 e. The van der Waals surface area contributed by atoms with E-state index < -0.39 is 0 Å². The highest BCUT2D eigenvalue weighted by atomic mass is 15.2. The Morgan fingerprint density at radius 2 is 2.05 bits per heavy atom. The molecular formula is C17H21N5. The highest BCUT2D eigenvalue weighted by molar-refractivity contribution is 5.76. The SMILES string of the molecule is Cc1cc(C)n2ccnc(Nc3cc(C4CCCC4)[nH]n3)c12. The third kappa shape index (κ3) is 2.17. The van der Waals surface area contributed by atoms with Gasteiger partial charge in [0.2, 0.25) is 0 Å². The summed E-state index contributed by atoms with van der Waals surface area (Å²) in [5.41, 5.74) is 4.80. The van der Waals surface area contributed by atoms with E-state index in [1.54, 1.807) is 0 Å². The van der Waals surface area contributed by atoms with Crippen LogP contribution in [0.25, 0.3) is 5.52 Å². The number of nitrogens with zero attached hydrogens (tertiary/aromatic N) is 3. The van der Waals surface area contributed by atoms with Crippen LogP contribution in [0.1, 0.15) is 48.6 Å². The van der Waals surface area contributed by atoms with Gasteiger partial charge in [-0.25, -0.2) is 4.98 Å². The fourth-order valence-electron chi connectivity index (χ4n) is 3.61. The second kappa shape index (κ2) is 5.16. The van der Waals surface area contributed by atoms with Crippen molar-refractivity contribution in [3.05, 3.63) is 41.5 Å². The van der Waals surface area contributed by atoms with Crippen molar-refractivity contribution in [2.24, 2.45) is 0 Å². The first kappa shape index (κ1) is 13.4. The van der Waals surface area contributed by atoms with Crippen molar-refractivity contribution in [2.75, 3.05) is 5.32 Å². The summed E-state index contributed by atoms with van der Waals surface area (Å²) in [7, 11) is 0. The summed E-state index contributed by atoms with van der Waals surface area (Å²) in [5, 5.41) is 11.0. The maximum atomic E-state index is 4.50. The normalized spacial score (nSPS) is 15.7. The number of nitrogens with one attached hydrogen (secondary N) is 2. The molecule has 22 heavy (non-hydrogen) atoms. The number of hydrogen-bond donors (Lipinski definition) is 2. The van der Waals surface area contributed by atoms with Crippen LogP contribution in [0.15, 0.2) is 24.5 Å². The molecule has 0 aliphatic heterocycles. The molecule has 0 bridgehead atoms. The van der Waals surface area contributed by atoms with E-state index in [0.717, 1.165) is 17.2 Å². The topological polar surface area (TPSA) is 58.0 Å². The number of fused-ring (bicyclic) bond motifs is 1. The molecule has 3 heterocycles. The monoisotopic (exact) mass is 295 g/mol. The summed E-state index contributed by atoms with van der Waals surface area (Å²) in [6.07, 6.45) is 9.02. The summed E-state index contributed by atoms with van der Waals surface area (Å²) in [6.45, 7) is 4.22. The van der Waals surface area contributed by atoms with Crippen molar-refractivity contribution < 1.29 is 0 Å². The van der Waals surface area contributed by atoms with E-state index in [2.05, 4.69) is 50.9 Å². The number of anilines is 2. The maximum absolute atomic E-state index is 4.50. The summed E-state index contributed by atoms with van der Waals surface area (Å²) in [5.74, 6) is 2.35. The third-order valence-electron chi connectivity index (χ3n) is 4.70. The molecule has 4 rings (SSSR count). The first-order chi connectivity index (χ1) is 10.7. The van der Waals surface area contributed by atoms with Gasteiger partial charge in [-0.3, -0.25) is 5.10 Å². The van der Waals surface area contributed by atoms with Gasteiger partial charge in [-0.2, -0.15) is 5.10 Å². The van der Waals surface area contributed by atoms with Crippen LogP contribution >= 0.6 is 0 Å². The zero-order valence-electron chi connectivity index (χ0n) is 13.1. The van der Waals surface area contributed by atoms with E-state index >= 15 is 0 Å². The predicted octanol–water partition coefficient (Wildman–Crippen LogP) is 4.08. The van der Waals surface area contributed by atoms with Gasteiger partial charge in [-0.15, -0.1) is 0 Å². The molecule has 5 nitrogen and oxygen atoms in total. The maximum Gasteiger partial charge on any atom is 0.156 e. The van der Waals surface area contributed by atoms with Gasteiger partial charge >= 0.3 is 0 Å². The molecule has 114 valence electrons. The lowest BCUT2D eigenvalue weighted by Gasteiger charge is -2.06. The zero-order chi connectivity index (χ0) is 15.1. The molecule has 1 saturated carbocycles. The highest BCUT2D eigenvalue weighted by Crippen LogP contribution is 2.34. The van der Waals surface area contributed by atoms with E-state index in [0.29, 0.717) is 5.92 Å². The van der Waals surface area contributed by atoms with E-state index in [4.69, 9.17) is 0 Å². The Bertz CT molecular complexity index is 808. The smallest absolute Gasteiger partial charge is 0.156 e. The lowest BCUT2D eigenvalue weighted by Crippen LogP contribution is -1.98. The Balaban J connectivity index is 1.66. The van der Waals surface area contributed by atoms with Crippen LogP contribution in [0, 0.1) is 13.8 Å². The van der Waals surface area contributed by atoms with Crippen LogP contribution in [-0.2, 0) is 0 Å². The van der Waals surface area contributed by atoms with Gasteiger partial charge < -0.3 is 9.72 Å². The predicted molar refractivity (Wildman–Crippen MR) is 87.7 cm³/mol. The fraction of sp³-hybridized carbons (Fsp3) is 0.412. The second-order valence-corrected chi connectivity index (χ2v) is 6.28. The molecule has 1 aliphatic rings. The van der Waals surface area contributed by atoms with E-state index in [-0.39, 0.29) is 0 Å². The molecule has 0 aromatic carbocycles. The Morgan fingerprint density at radius 1 is 1.23 bits per heavy atom. The molecule has 5 heteroatoms. The number of rotatable bonds is 3. The molecule has 1 fully saturated rings. The summed E-state index contributed by atoms with van der Waals surface area (Å²) >= 11 is 0. The molecule has 0 unspecified atom stereocenters. The molecule has 0 spiro atoms. The number of aromatic nitrogens is 4. The molecule has 1 aliphatic carbocycles. The number of aromatic amines is 1. The molecule has 3 aromatic heterocycles. The van der Waals surface area contributed by atoms with Crippen LogP contribution in [-0.4, -0.2) is 19.6 Å². The van der Waals surface area contributed by atoms with Gasteiger partial charge in [0, 0.05) is 35.8 Å². The number of H-pyrrole nitrogens is 1.